The Balaban J connectivity index is 2.30. The summed E-state index contributed by atoms with van der Waals surface area (Å²) in [5.74, 6) is -0.281. The van der Waals surface area contributed by atoms with Crippen LogP contribution in [0.5, 0.6) is 0 Å². The van der Waals surface area contributed by atoms with Crippen LogP contribution in [0.3, 0.4) is 0 Å². The molecule has 108 valence electrons. The van der Waals surface area contributed by atoms with E-state index in [-0.39, 0.29) is 24.5 Å². The highest BCUT2D eigenvalue weighted by Crippen LogP contribution is 2.32. The van der Waals surface area contributed by atoms with Crippen LogP contribution in [0.1, 0.15) is 19.4 Å². The maximum absolute atomic E-state index is 12.5. The van der Waals surface area contributed by atoms with Gasteiger partial charge in [-0.2, -0.15) is 0 Å². The van der Waals surface area contributed by atoms with Gasteiger partial charge in [-0.05, 0) is 18.6 Å². The first-order valence-corrected chi connectivity index (χ1v) is 6.72. The Morgan fingerprint density at radius 3 is 2.70 bits per heavy atom. The molecule has 0 saturated heterocycles. The van der Waals surface area contributed by atoms with Crippen molar-refractivity contribution >= 4 is 17.5 Å². The third-order valence-corrected chi connectivity index (χ3v) is 3.87. The second-order valence-corrected chi connectivity index (χ2v) is 5.22. The zero-order chi connectivity index (χ0) is 14.9. The minimum atomic E-state index is -0.510. The zero-order valence-electron chi connectivity index (χ0n) is 12.0. The van der Waals surface area contributed by atoms with E-state index in [0.717, 1.165) is 11.3 Å². The van der Waals surface area contributed by atoms with E-state index in [1.165, 1.54) is 11.8 Å². The summed E-state index contributed by atoms with van der Waals surface area (Å²) < 4.78 is 0. The maximum atomic E-state index is 12.5. The number of hydrogen-bond acceptors (Lipinski definition) is 3. The molecule has 0 fully saturated rings. The first kappa shape index (κ1) is 14.5. The number of rotatable bonds is 3. The molecular weight excluding hydrogens is 256 g/mol. The van der Waals surface area contributed by atoms with Crippen molar-refractivity contribution in [1.29, 1.82) is 0 Å². The van der Waals surface area contributed by atoms with Gasteiger partial charge in [-0.15, -0.1) is 0 Å². The lowest BCUT2D eigenvalue weighted by molar-refractivity contribution is -0.135. The molecule has 1 heterocycles. The molecule has 1 unspecified atom stereocenters. The topological polar surface area (TPSA) is 60.9 Å². The normalized spacial score (nSPS) is 18.6. The Hall–Kier alpha value is -1.88. The lowest BCUT2D eigenvalue weighted by Gasteiger charge is -2.30. The number of carbonyl (C=O) groups excluding carboxylic acids is 2. The standard InChI is InChI=1S/C15H20N2O3/c1-10(9-18)16(3)15(20)14-8-12-6-4-5-7-13(12)17(14)11(2)19/h4-7,10,14,18H,8-9H2,1-3H3/t10?,14-/m0/s1. The number of para-hydroxylation sites is 1. The van der Waals surface area contributed by atoms with Crippen molar-refractivity contribution in [2.24, 2.45) is 0 Å². The van der Waals surface area contributed by atoms with Crippen LogP contribution in [0.15, 0.2) is 24.3 Å². The molecular formula is C15H20N2O3. The van der Waals surface area contributed by atoms with Crippen LogP contribution in [-0.2, 0) is 16.0 Å². The molecule has 0 aliphatic carbocycles. The minimum absolute atomic E-state index is 0.0953. The molecule has 0 saturated carbocycles. The molecule has 1 aliphatic rings. The summed E-state index contributed by atoms with van der Waals surface area (Å²) in [6.45, 7) is 3.15. The predicted octanol–water partition coefficient (Wildman–Crippen LogP) is 0.803. The van der Waals surface area contributed by atoms with Crippen molar-refractivity contribution in [3.8, 4) is 0 Å². The summed E-state index contributed by atoms with van der Waals surface area (Å²) in [6.07, 6.45) is 0.525. The number of benzene rings is 1. The third-order valence-electron chi connectivity index (χ3n) is 3.87. The molecule has 2 amide bonds. The smallest absolute Gasteiger partial charge is 0.246 e. The van der Waals surface area contributed by atoms with E-state index in [4.69, 9.17) is 0 Å². The lowest BCUT2D eigenvalue weighted by Crippen LogP contribution is -2.50. The zero-order valence-corrected chi connectivity index (χ0v) is 12.0. The van der Waals surface area contributed by atoms with Crippen LogP contribution in [0.4, 0.5) is 5.69 Å². The van der Waals surface area contributed by atoms with E-state index in [2.05, 4.69) is 0 Å². The SMILES string of the molecule is CC(=O)N1c2ccccc2C[C@H]1C(=O)N(C)C(C)CO. The van der Waals surface area contributed by atoms with Crippen molar-refractivity contribution in [1.82, 2.24) is 4.90 Å². The molecule has 2 rings (SSSR count). The first-order valence-electron chi connectivity index (χ1n) is 6.72. The fourth-order valence-corrected chi connectivity index (χ4v) is 2.55. The second-order valence-electron chi connectivity index (χ2n) is 5.22. The average molecular weight is 276 g/mol. The van der Waals surface area contributed by atoms with Gasteiger partial charge in [0.1, 0.15) is 6.04 Å². The molecule has 1 N–H and O–H groups in total. The number of likely N-dealkylation sites (N-methyl/N-ethyl adjacent to an activating group) is 1. The summed E-state index contributed by atoms with van der Waals surface area (Å²) in [5, 5.41) is 9.17. The lowest BCUT2D eigenvalue weighted by atomic mass is 10.1. The van der Waals surface area contributed by atoms with Crippen LogP contribution < -0.4 is 4.90 Å². The van der Waals surface area contributed by atoms with Gasteiger partial charge in [0.25, 0.3) is 0 Å². The van der Waals surface area contributed by atoms with Gasteiger partial charge in [-0.3, -0.25) is 14.5 Å². The fraction of sp³-hybridized carbons (Fsp3) is 0.467. The number of nitrogens with zero attached hydrogens (tertiary/aromatic N) is 2. The molecule has 0 radical (unpaired) electrons. The van der Waals surface area contributed by atoms with Gasteiger partial charge >= 0.3 is 0 Å². The highest BCUT2D eigenvalue weighted by atomic mass is 16.3. The monoisotopic (exact) mass is 276 g/mol. The Labute approximate surface area is 118 Å². The molecule has 20 heavy (non-hydrogen) atoms. The quantitative estimate of drug-likeness (QED) is 0.888. The van der Waals surface area contributed by atoms with Gasteiger partial charge in [-0.25, -0.2) is 0 Å². The van der Waals surface area contributed by atoms with Gasteiger partial charge < -0.3 is 10.0 Å². The molecule has 1 aromatic rings. The Morgan fingerprint density at radius 1 is 1.45 bits per heavy atom. The number of aliphatic hydroxyl groups is 1. The summed E-state index contributed by atoms with van der Waals surface area (Å²) in [5.41, 5.74) is 1.81. The van der Waals surface area contributed by atoms with Crippen LogP contribution >= 0.6 is 0 Å². The molecule has 0 aromatic heterocycles. The third kappa shape index (κ3) is 2.41. The summed E-state index contributed by atoms with van der Waals surface area (Å²) in [4.78, 5) is 27.5. The van der Waals surface area contributed by atoms with Gasteiger partial charge in [0.2, 0.25) is 11.8 Å². The van der Waals surface area contributed by atoms with E-state index in [1.807, 2.05) is 24.3 Å². The summed E-state index contributed by atoms with van der Waals surface area (Å²) in [7, 11) is 1.66. The van der Waals surface area contributed by atoms with Crippen LogP contribution in [0, 0.1) is 0 Å². The Bertz CT molecular complexity index is 530. The highest BCUT2D eigenvalue weighted by Gasteiger charge is 2.38. The molecule has 5 nitrogen and oxygen atoms in total. The molecule has 0 bridgehead atoms. The van der Waals surface area contributed by atoms with Crippen molar-refractivity contribution in [3.05, 3.63) is 29.8 Å². The number of amides is 2. The van der Waals surface area contributed by atoms with Gasteiger partial charge in [-0.1, -0.05) is 18.2 Å². The van der Waals surface area contributed by atoms with Gasteiger partial charge in [0.15, 0.2) is 0 Å². The van der Waals surface area contributed by atoms with Crippen molar-refractivity contribution in [3.63, 3.8) is 0 Å². The summed E-state index contributed by atoms with van der Waals surface area (Å²) in [6, 6.07) is 6.79. The molecule has 5 heteroatoms. The van der Waals surface area contributed by atoms with Gasteiger partial charge in [0, 0.05) is 26.1 Å². The fourth-order valence-electron chi connectivity index (χ4n) is 2.55. The van der Waals surface area contributed by atoms with Crippen LogP contribution in [0.2, 0.25) is 0 Å². The predicted molar refractivity (Wildman–Crippen MR) is 76.4 cm³/mol. The van der Waals surface area contributed by atoms with E-state index < -0.39 is 6.04 Å². The first-order chi connectivity index (χ1) is 9.47. The molecule has 0 spiro atoms. The molecule has 2 atom stereocenters. The number of fused-ring (bicyclic) bond motifs is 1. The Kier molecular flexibility index (Phi) is 4.09. The number of carbonyl (C=O) groups is 2. The van der Waals surface area contributed by atoms with E-state index in [1.54, 1.807) is 18.9 Å². The van der Waals surface area contributed by atoms with Crippen molar-refractivity contribution in [2.75, 3.05) is 18.6 Å². The Morgan fingerprint density at radius 2 is 2.10 bits per heavy atom. The molecule has 1 aromatic carbocycles. The van der Waals surface area contributed by atoms with Crippen LogP contribution in [-0.4, -0.2) is 47.6 Å². The van der Waals surface area contributed by atoms with Crippen molar-refractivity contribution < 1.29 is 14.7 Å². The summed E-state index contributed by atoms with van der Waals surface area (Å²) >= 11 is 0. The maximum Gasteiger partial charge on any atom is 0.246 e. The van der Waals surface area contributed by atoms with E-state index in [9.17, 15) is 14.7 Å². The van der Waals surface area contributed by atoms with Gasteiger partial charge in [0.05, 0.1) is 12.6 Å². The minimum Gasteiger partial charge on any atom is -0.394 e. The molecule has 1 aliphatic heterocycles. The average Bonchev–Trinajstić information content (AvgIpc) is 2.84. The highest BCUT2D eigenvalue weighted by molar-refractivity contribution is 6.02. The van der Waals surface area contributed by atoms with Crippen LogP contribution in [0.25, 0.3) is 0 Å². The number of hydrogen-bond donors (Lipinski definition) is 1. The largest absolute Gasteiger partial charge is 0.394 e. The van der Waals surface area contributed by atoms with E-state index in [0.29, 0.717) is 6.42 Å². The number of anilines is 1. The number of aliphatic hydroxyl groups excluding tert-OH is 1. The van der Waals surface area contributed by atoms with E-state index >= 15 is 0 Å². The second kappa shape index (κ2) is 5.63. The van der Waals surface area contributed by atoms with Crippen molar-refractivity contribution in [2.45, 2.75) is 32.4 Å².